The molecule has 0 radical (unpaired) electrons. The molecule has 1 N–H and O–H groups in total. The summed E-state index contributed by atoms with van der Waals surface area (Å²) in [6.07, 6.45) is 0. The quantitative estimate of drug-likeness (QED) is 0.776. The molecule has 0 amide bonds. The largest absolute Gasteiger partial charge is 0.476 e. The number of para-hydroxylation sites is 1. The normalized spacial score (nSPS) is 11.3. The maximum Gasteiger partial charge on any atom is 0.356 e. The van der Waals surface area contributed by atoms with Crippen LogP contribution in [0.15, 0.2) is 34.7 Å². The number of carboxylic acid groups (broad SMARTS) is 1. The second-order valence-electron chi connectivity index (χ2n) is 4.84. The molecular weight excluding hydrogens is 274 g/mol. The van der Waals surface area contributed by atoms with E-state index < -0.39 is 5.97 Å². The number of aromatic carboxylic acids is 1. The number of nitrogens with zero attached hydrogens (tertiary/aromatic N) is 1. The topological polar surface area (TPSA) is 63.3 Å². The van der Waals surface area contributed by atoms with Crippen LogP contribution in [0.3, 0.4) is 0 Å². The Labute approximate surface area is 119 Å². The predicted molar refractivity (Wildman–Crippen MR) is 78.4 cm³/mol. The smallest absolute Gasteiger partial charge is 0.356 e. The lowest BCUT2D eigenvalue weighted by Crippen LogP contribution is -1.99. The summed E-state index contributed by atoms with van der Waals surface area (Å²) in [4.78, 5) is 16.1. The summed E-state index contributed by atoms with van der Waals surface area (Å²) in [5.74, 6) is -0.271. The highest BCUT2D eigenvalue weighted by Crippen LogP contribution is 2.36. The van der Waals surface area contributed by atoms with Gasteiger partial charge in [0.25, 0.3) is 0 Å². The van der Waals surface area contributed by atoms with Crippen LogP contribution in [-0.2, 0) is 0 Å². The number of fused-ring (bicyclic) bond motifs is 1. The van der Waals surface area contributed by atoms with E-state index in [0.717, 1.165) is 16.0 Å². The van der Waals surface area contributed by atoms with Crippen LogP contribution in [0, 0.1) is 0 Å². The lowest BCUT2D eigenvalue weighted by Gasteiger charge is -1.94. The molecule has 102 valence electrons. The van der Waals surface area contributed by atoms with Crippen LogP contribution < -0.4 is 0 Å². The molecule has 0 aliphatic rings. The number of benzene rings is 1. The van der Waals surface area contributed by atoms with E-state index in [1.165, 1.54) is 11.3 Å². The molecule has 1 aromatic carbocycles. The number of carbonyl (C=O) groups is 1. The highest BCUT2D eigenvalue weighted by Gasteiger charge is 2.22. The first-order chi connectivity index (χ1) is 9.56. The highest BCUT2D eigenvalue weighted by molar-refractivity contribution is 7.15. The van der Waals surface area contributed by atoms with Crippen molar-refractivity contribution in [1.29, 1.82) is 0 Å². The molecule has 0 aliphatic heterocycles. The Morgan fingerprint density at radius 3 is 2.75 bits per heavy atom. The van der Waals surface area contributed by atoms with Gasteiger partial charge >= 0.3 is 5.97 Å². The summed E-state index contributed by atoms with van der Waals surface area (Å²) in [7, 11) is 0. The Morgan fingerprint density at radius 2 is 2.10 bits per heavy atom. The third-order valence-corrected chi connectivity index (χ3v) is 4.36. The molecule has 0 spiro atoms. The van der Waals surface area contributed by atoms with Gasteiger partial charge in [0, 0.05) is 11.3 Å². The van der Waals surface area contributed by atoms with E-state index in [1.807, 2.05) is 44.2 Å². The lowest BCUT2D eigenvalue weighted by molar-refractivity contribution is 0.0691. The number of carboxylic acids is 1. The number of aromatic nitrogens is 1. The Morgan fingerprint density at radius 1 is 1.35 bits per heavy atom. The van der Waals surface area contributed by atoms with Crippen LogP contribution in [0.1, 0.15) is 35.3 Å². The molecule has 0 unspecified atom stereocenters. The van der Waals surface area contributed by atoms with Gasteiger partial charge in [-0.2, -0.15) is 0 Å². The second-order valence-corrected chi connectivity index (χ2v) is 5.87. The minimum atomic E-state index is -1.02. The molecule has 2 aromatic heterocycles. The van der Waals surface area contributed by atoms with Crippen molar-refractivity contribution in [2.75, 3.05) is 0 Å². The number of thiazole rings is 1. The van der Waals surface area contributed by atoms with Crippen molar-refractivity contribution < 1.29 is 14.3 Å². The van der Waals surface area contributed by atoms with Gasteiger partial charge in [-0.25, -0.2) is 9.78 Å². The van der Waals surface area contributed by atoms with Crippen molar-refractivity contribution in [3.63, 3.8) is 0 Å². The molecule has 0 atom stereocenters. The summed E-state index contributed by atoms with van der Waals surface area (Å²) in [6, 6.07) is 9.47. The van der Waals surface area contributed by atoms with Crippen LogP contribution in [0.25, 0.3) is 21.6 Å². The zero-order valence-corrected chi connectivity index (χ0v) is 11.9. The van der Waals surface area contributed by atoms with Gasteiger partial charge in [-0.1, -0.05) is 32.0 Å². The molecule has 4 nitrogen and oxygen atoms in total. The Balaban J connectivity index is 2.19. The summed E-state index contributed by atoms with van der Waals surface area (Å²) < 4.78 is 5.75. The Hall–Kier alpha value is -2.14. The maximum atomic E-state index is 11.3. The van der Waals surface area contributed by atoms with E-state index in [1.54, 1.807) is 0 Å². The van der Waals surface area contributed by atoms with Gasteiger partial charge in [0.1, 0.15) is 16.2 Å². The third-order valence-electron chi connectivity index (χ3n) is 2.99. The summed E-state index contributed by atoms with van der Waals surface area (Å²) in [5, 5.41) is 11.1. The monoisotopic (exact) mass is 287 g/mol. The van der Waals surface area contributed by atoms with Gasteiger partial charge in [-0.3, -0.25) is 0 Å². The average molecular weight is 287 g/mol. The summed E-state index contributed by atoms with van der Waals surface area (Å²) >= 11 is 1.38. The van der Waals surface area contributed by atoms with E-state index in [-0.39, 0.29) is 11.6 Å². The van der Waals surface area contributed by atoms with Crippen LogP contribution in [0.5, 0.6) is 0 Å². The first-order valence-corrected chi connectivity index (χ1v) is 7.11. The van der Waals surface area contributed by atoms with E-state index in [4.69, 9.17) is 4.42 Å². The molecule has 0 bridgehead atoms. The lowest BCUT2D eigenvalue weighted by atomic mass is 10.2. The minimum Gasteiger partial charge on any atom is -0.476 e. The van der Waals surface area contributed by atoms with Gasteiger partial charge in [-0.05, 0) is 12.1 Å². The molecule has 3 rings (SSSR count). The number of rotatable bonds is 3. The molecule has 0 aliphatic carbocycles. The first-order valence-electron chi connectivity index (χ1n) is 6.29. The number of hydrogen-bond donors (Lipinski definition) is 1. The first kappa shape index (κ1) is 12.9. The van der Waals surface area contributed by atoms with E-state index in [9.17, 15) is 9.90 Å². The summed E-state index contributed by atoms with van der Waals surface area (Å²) in [6.45, 7) is 3.99. The number of hydrogen-bond acceptors (Lipinski definition) is 4. The van der Waals surface area contributed by atoms with E-state index >= 15 is 0 Å². The van der Waals surface area contributed by atoms with Crippen LogP contribution in [-0.4, -0.2) is 16.1 Å². The molecule has 0 fully saturated rings. The zero-order valence-electron chi connectivity index (χ0n) is 11.1. The standard InChI is InChI=1S/C15H13NO3S/c1-8(2)14-16-12(15(17)18)13(20-14)11-7-9-5-3-4-6-10(9)19-11/h3-8H,1-2H3,(H,17,18). The van der Waals surface area contributed by atoms with E-state index in [2.05, 4.69) is 4.98 Å². The van der Waals surface area contributed by atoms with Crippen LogP contribution in [0.4, 0.5) is 0 Å². The number of furan rings is 1. The zero-order chi connectivity index (χ0) is 14.3. The van der Waals surface area contributed by atoms with Crippen LogP contribution in [0.2, 0.25) is 0 Å². The third kappa shape index (κ3) is 2.10. The van der Waals surface area contributed by atoms with Gasteiger partial charge in [0.15, 0.2) is 5.69 Å². The Bertz CT molecular complexity index is 752. The predicted octanol–water partition coefficient (Wildman–Crippen LogP) is 4.38. The second kappa shape index (κ2) is 4.76. The van der Waals surface area contributed by atoms with Crippen molar-refractivity contribution in [2.45, 2.75) is 19.8 Å². The molecule has 20 heavy (non-hydrogen) atoms. The van der Waals surface area contributed by atoms with Gasteiger partial charge in [-0.15, -0.1) is 11.3 Å². The fraction of sp³-hybridized carbons (Fsp3) is 0.200. The van der Waals surface area contributed by atoms with Crippen LogP contribution >= 0.6 is 11.3 Å². The van der Waals surface area contributed by atoms with Crippen molar-refractivity contribution in [1.82, 2.24) is 4.98 Å². The Kier molecular flexibility index (Phi) is 3.06. The fourth-order valence-corrected chi connectivity index (χ4v) is 3.00. The van der Waals surface area contributed by atoms with Crippen molar-refractivity contribution in [2.24, 2.45) is 0 Å². The maximum absolute atomic E-state index is 11.3. The van der Waals surface area contributed by atoms with Gasteiger partial charge in [0.05, 0.1) is 5.01 Å². The minimum absolute atomic E-state index is 0.0674. The molecule has 5 heteroatoms. The average Bonchev–Trinajstić information content (AvgIpc) is 3.02. The van der Waals surface area contributed by atoms with Crippen molar-refractivity contribution in [3.8, 4) is 10.6 Å². The summed E-state index contributed by atoms with van der Waals surface area (Å²) in [5.41, 5.74) is 0.816. The molecule has 0 saturated carbocycles. The van der Waals surface area contributed by atoms with E-state index in [0.29, 0.717) is 10.6 Å². The molecule has 3 aromatic rings. The molecular formula is C15H13NO3S. The van der Waals surface area contributed by atoms with Gasteiger partial charge in [0.2, 0.25) is 0 Å². The SMILES string of the molecule is CC(C)c1nc(C(=O)O)c(-c2cc3ccccc3o2)s1. The molecule has 0 saturated heterocycles. The highest BCUT2D eigenvalue weighted by atomic mass is 32.1. The van der Waals surface area contributed by atoms with Gasteiger partial charge < -0.3 is 9.52 Å². The van der Waals surface area contributed by atoms with Crippen molar-refractivity contribution >= 4 is 28.3 Å². The molecule has 2 heterocycles. The van der Waals surface area contributed by atoms with Crippen molar-refractivity contribution in [3.05, 3.63) is 41.0 Å². The fourth-order valence-electron chi connectivity index (χ4n) is 1.99.